The van der Waals surface area contributed by atoms with Crippen molar-refractivity contribution in [3.63, 3.8) is 0 Å². The number of anilines is 1. The van der Waals surface area contributed by atoms with E-state index in [0.717, 1.165) is 50.4 Å². The van der Waals surface area contributed by atoms with E-state index in [2.05, 4.69) is 27.7 Å². The summed E-state index contributed by atoms with van der Waals surface area (Å²) in [7, 11) is 0. The number of hydrogen-bond donors (Lipinski definition) is 2. The summed E-state index contributed by atoms with van der Waals surface area (Å²) in [4.78, 5) is 16.7. The zero-order chi connectivity index (χ0) is 19.3. The highest BCUT2D eigenvalue weighted by Gasteiger charge is 2.29. The number of carbonyl (C=O) groups excluding carboxylic acids is 1. The first kappa shape index (κ1) is 18.9. The number of aromatic nitrogens is 2. The summed E-state index contributed by atoms with van der Waals surface area (Å²) in [6.07, 6.45) is 5.13. The average molecular weight is 384 g/mol. The molecule has 1 aliphatic carbocycles. The number of carbonyl (C=O) groups is 1. The highest BCUT2D eigenvalue weighted by atomic mass is 16.5. The van der Waals surface area contributed by atoms with Crippen molar-refractivity contribution in [1.29, 1.82) is 0 Å². The second-order valence-corrected chi connectivity index (χ2v) is 7.95. The Kier molecular flexibility index (Phi) is 5.90. The average Bonchev–Trinajstić information content (AvgIpc) is 3.46. The molecule has 1 aromatic heterocycles. The molecule has 1 aliphatic heterocycles. The van der Waals surface area contributed by atoms with E-state index in [1.165, 1.54) is 0 Å². The number of ether oxygens (including phenoxy) is 1. The van der Waals surface area contributed by atoms with E-state index in [9.17, 15) is 4.79 Å². The van der Waals surface area contributed by atoms with Crippen LogP contribution in [0.25, 0.3) is 0 Å². The van der Waals surface area contributed by atoms with Crippen molar-refractivity contribution in [3.05, 3.63) is 36.0 Å². The van der Waals surface area contributed by atoms with Crippen LogP contribution in [-0.4, -0.2) is 29.1 Å². The highest BCUT2D eigenvalue weighted by Crippen LogP contribution is 2.38. The second kappa shape index (κ2) is 8.73. The van der Waals surface area contributed by atoms with Crippen molar-refractivity contribution in [2.45, 2.75) is 51.6 Å². The zero-order valence-electron chi connectivity index (χ0n) is 16.3. The minimum absolute atomic E-state index is 0.0686. The van der Waals surface area contributed by atoms with Gasteiger partial charge in [-0.2, -0.15) is 4.98 Å². The molecule has 2 heterocycles. The second-order valence-electron chi connectivity index (χ2n) is 7.95. The van der Waals surface area contributed by atoms with Crippen LogP contribution in [0.2, 0.25) is 0 Å². The number of amides is 1. The van der Waals surface area contributed by atoms with Crippen LogP contribution in [0.1, 0.15) is 56.7 Å². The standard InChI is InChI=1S/C21H28N4O3/c1-14(15-8-10-22-11-9-15)12-20(26)23-17-4-6-18(7-5-17)27-13-19-24-21(28-25-19)16-2-3-16/h4-7,14-16,22H,2-3,8-13H2,1H3,(H,23,26). The molecule has 7 heteroatoms. The number of hydrogen-bond acceptors (Lipinski definition) is 6. The summed E-state index contributed by atoms with van der Waals surface area (Å²) < 4.78 is 10.9. The first-order valence-electron chi connectivity index (χ1n) is 10.2. The van der Waals surface area contributed by atoms with Gasteiger partial charge in [0, 0.05) is 18.0 Å². The monoisotopic (exact) mass is 384 g/mol. The maximum atomic E-state index is 12.3. The molecule has 0 bridgehead atoms. The minimum atomic E-state index is 0.0686. The van der Waals surface area contributed by atoms with Crippen LogP contribution >= 0.6 is 0 Å². The highest BCUT2D eigenvalue weighted by molar-refractivity contribution is 5.90. The van der Waals surface area contributed by atoms with E-state index >= 15 is 0 Å². The lowest BCUT2D eigenvalue weighted by molar-refractivity contribution is -0.117. The molecule has 2 N–H and O–H groups in total. The number of piperidine rings is 1. The molecular formula is C21H28N4O3. The quantitative estimate of drug-likeness (QED) is 0.724. The largest absolute Gasteiger partial charge is 0.485 e. The zero-order valence-corrected chi connectivity index (χ0v) is 16.3. The van der Waals surface area contributed by atoms with Gasteiger partial charge in [-0.25, -0.2) is 0 Å². The smallest absolute Gasteiger partial charge is 0.229 e. The van der Waals surface area contributed by atoms with Gasteiger partial charge in [-0.05, 0) is 74.9 Å². The number of benzene rings is 1. The molecule has 1 saturated heterocycles. The predicted molar refractivity (Wildman–Crippen MR) is 105 cm³/mol. The molecule has 2 fully saturated rings. The molecule has 28 heavy (non-hydrogen) atoms. The van der Waals surface area contributed by atoms with Gasteiger partial charge in [0.05, 0.1) is 0 Å². The van der Waals surface area contributed by atoms with Gasteiger partial charge in [0.1, 0.15) is 5.75 Å². The topological polar surface area (TPSA) is 89.3 Å². The number of nitrogens with one attached hydrogen (secondary N) is 2. The minimum Gasteiger partial charge on any atom is -0.485 e. The lowest BCUT2D eigenvalue weighted by atomic mass is 9.84. The van der Waals surface area contributed by atoms with Gasteiger partial charge in [0.15, 0.2) is 6.61 Å². The van der Waals surface area contributed by atoms with Crippen molar-refractivity contribution in [3.8, 4) is 5.75 Å². The number of nitrogens with zero attached hydrogens (tertiary/aromatic N) is 2. The molecule has 0 spiro atoms. The van der Waals surface area contributed by atoms with Gasteiger partial charge in [-0.15, -0.1) is 0 Å². The Morgan fingerprint density at radius 3 is 2.71 bits per heavy atom. The van der Waals surface area contributed by atoms with Crippen LogP contribution in [0.15, 0.2) is 28.8 Å². The third kappa shape index (κ3) is 5.10. The van der Waals surface area contributed by atoms with E-state index in [4.69, 9.17) is 9.26 Å². The van der Waals surface area contributed by atoms with E-state index in [1.54, 1.807) is 0 Å². The molecule has 4 rings (SSSR count). The fourth-order valence-corrected chi connectivity index (χ4v) is 3.69. The van der Waals surface area contributed by atoms with Crippen LogP contribution in [-0.2, 0) is 11.4 Å². The molecule has 1 atom stereocenters. The summed E-state index contributed by atoms with van der Waals surface area (Å²) in [5.41, 5.74) is 0.783. The summed E-state index contributed by atoms with van der Waals surface area (Å²) >= 11 is 0. The Morgan fingerprint density at radius 2 is 2.00 bits per heavy atom. The summed E-state index contributed by atoms with van der Waals surface area (Å²) in [6, 6.07) is 7.39. The number of rotatable bonds is 8. The Balaban J connectivity index is 1.22. The SMILES string of the molecule is CC(CC(=O)Nc1ccc(OCc2noc(C3CC3)n2)cc1)C1CCNCC1. The maximum absolute atomic E-state index is 12.3. The van der Waals surface area contributed by atoms with E-state index in [-0.39, 0.29) is 12.5 Å². The van der Waals surface area contributed by atoms with E-state index < -0.39 is 0 Å². The van der Waals surface area contributed by atoms with Crippen molar-refractivity contribution in [2.24, 2.45) is 11.8 Å². The Hall–Kier alpha value is -2.41. The van der Waals surface area contributed by atoms with Gasteiger partial charge in [0.25, 0.3) is 0 Å². The Bertz CT molecular complexity index is 779. The van der Waals surface area contributed by atoms with Crippen LogP contribution in [0.3, 0.4) is 0 Å². The first-order chi connectivity index (χ1) is 13.7. The van der Waals surface area contributed by atoms with Gasteiger partial charge < -0.3 is 19.9 Å². The van der Waals surface area contributed by atoms with Crippen LogP contribution in [0.5, 0.6) is 5.75 Å². The molecule has 150 valence electrons. The molecule has 1 aromatic carbocycles. The summed E-state index contributed by atoms with van der Waals surface area (Å²) in [5, 5.41) is 10.3. The maximum Gasteiger partial charge on any atom is 0.229 e. The Morgan fingerprint density at radius 1 is 1.25 bits per heavy atom. The molecule has 1 saturated carbocycles. The van der Waals surface area contributed by atoms with Crippen molar-refractivity contribution in [1.82, 2.24) is 15.5 Å². The van der Waals surface area contributed by atoms with Crippen LogP contribution in [0, 0.1) is 11.8 Å². The molecule has 2 aromatic rings. The van der Waals surface area contributed by atoms with Gasteiger partial charge in [0.2, 0.25) is 17.6 Å². The molecule has 0 radical (unpaired) electrons. The summed E-state index contributed by atoms with van der Waals surface area (Å²) in [5.74, 6) is 3.54. The van der Waals surface area contributed by atoms with E-state index in [1.807, 2.05) is 24.3 Å². The van der Waals surface area contributed by atoms with Crippen molar-refractivity contribution in [2.75, 3.05) is 18.4 Å². The van der Waals surface area contributed by atoms with Crippen LogP contribution in [0.4, 0.5) is 5.69 Å². The Labute approximate surface area is 165 Å². The normalized spacial score (nSPS) is 18.6. The fourth-order valence-electron chi connectivity index (χ4n) is 3.69. The van der Waals surface area contributed by atoms with Gasteiger partial charge >= 0.3 is 0 Å². The van der Waals surface area contributed by atoms with Crippen LogP contribution < -0.4 is 15.4 Å². The van der Waals surface area contributed by atoms with Crippen molar-refractivity contribution < 1.29 is 14.1 Å². The molecule has 1 unspecified atom stereocenters. The molecular weight excluding hydrogens is 356 g/mol. The van der Waals surface area contributed by atoms with Gasteiger partial charge in [-0.1, -0.05) is 12.1 Å². The summed E-state index contributed by atoms with van der Waals surface area (Å²) in [6.45, 7) is 4.57. The first-order valence-corrected chi connectivity index (χ1v) is 10.2. The van der Waals surface area contributed by atoms with E-state index in [0.29, 0.717) is 35.7 Å². The lowest BCUT2D eigenvalue weighted by Crippen LogP contribution is -2.32. The van der Waals surface area contributed by atoms with Gasteiger partial charge in [-0.3, -0.25) is 4.79 Å². The third-order valence-corrected chi connectivity index (χ3v) is 5.61. The lowest BCUT2D eigenvalue weighted by Gasteiger charge is -2.27. The predicted octanol–water partition coefficient (Wildman–Crippen LogP) is 3.49. The fraction of sp³-hybridized carbons (Fsp3) is 0.571. The molecule has 1 amide bonds. The van der Waals surface area contributed by atoms with Crippen molar-refractivity contribution >= 4 is 11.6 Å². The molecule has 7 nitrogen and oxygen atoms in total. The third-order valence-electron chi connectivity index (χ3n) is 5.61. The molecule has 2 aliphatic rings.